The molecule has 0 amide bonds. The second kappa shape index (κ2) is 9.39. The third-order valence-corrected chi connectivity index (χ3v) is 12.0. The van der Waals surface area contributed by atoms with Crippen molar-refractivity contribution in [2.45, 2.75) is 71.1 Å². The highest BCUT2D eigenvalue weighted by molar-refractivity contribution is 7.86. The van der Waals surface area contributed by atoms with Crippen LogP contribution < -0.4 is 5.14 Å². The summed E-state index contributed by atoms with van der Waals surface area (Å²) >= 11 is 0. The summed E-state index contributed by atoms with van der Waals surface area (Å²) in [6.07, 6.45) is 4.27. The van der Waals surface area contributed by atoms with Crippen LogP contribution in [0.2, 0.25) is 18.1 Å². The Morgan fingerprint density at radius 1 is 1.07 bits per heavy atom. The van der Waals surface area contributed by atoms with Crippen molar-refractivity contribution in [3.8, 4) is 0 Å². The molecule has 0 aromatic heterocycles. The van der Waals surface area contributed by atoms with Gasteiger partial charge in [-0.15, -0.1) is 0 Å². The van der Waals surface area contributed by atoms with Crippen molar-refractivity contribution < 1.29 is 12.8 Å². The summed E-state index contributed by atoms with van der Waals surface area (Å²) in [6, 6.07) is 9.65. The summed E-state index contributed by atoms with van der Waals surface area (Å²) in [5.41, 5.74) is 0.966. The minimum absolute atomic E-state index is 0.234. The maximum absolute atomic E-state index is 12.1. The van der Waals surface area contributed by atoms with Gasteiger partial charge in [0.05, 0.1) is 0 Å². The van der Waals surface area contributed by atoms with E-state index < -0.39 is 18.5 Å². The fourth-order valence-corrected chi connectivity index (χ4v) is 5.29. The number of hydrogen-bond donors (Lipinski definition) is 1. The third kappa shape index (κ3) is 6.95. The Bertz CT molecular complexity index is 709. The lowest BCUT2D eigenvalue weighted by atomic mass is 9.82. The van der Waals surface area contributed by atoms with Crippen LogP contribution in [-0.2, 0) is 21.2 Å². The predicted octanol–water partition coefficient (Wildman–Crippen LogP) is 4.52. The first-order chi connectivity index (χ1) is 12.9. The van der Waals surface area contributed by atoms with Crippen molar-refractivity contribution >= 4 is 18.5 Å². The molecule has 1 aromatic carbocycles. The zero-order chi connectivity index (χ0) is 21.0. The van der Waals surface area contributed by atoms with Gasteiger partial charge in [0.25, 0.3) is 10.2 Å². The molecule has 28 heavy (non-hydrogen) atoms. The number of nitrogens with zero attached hydrogens (tertiary/aromatic N) is 1. The first-order valence-corrected chi connectivity index (χ1v) is 14.8. The molecule has 0 aliphatic heterocycles. The van der Waals surface area contributed by atoms with Gasteiger partial charge in [0.15, 0.2) is 8.32 Å². The Balaban J connectivity index is 1.86. The first kappa shape index (κ1) is 23.5. The summed E-state index contributed by atoms with van der Waals surface area (Å²) < 4.78 is 32.0. The highest BCUT2D eigenvalue weighted by Gasteiger charge is 2.38. The first-order valence-electron chi connectivity index (χ1n) is 10.3. The van der Waals surface area contributed by atoms with Crippen LogP contribution >= 0.6 is 0 Å². The SMILES string of the molecule is CC(C)(C)[Si](C)(C)OCC1CCC(CN(Cc2ccccc2)S(N)(=O)=O)CC1. The molecule has 0 spiro atoms. The number of hydrogen-bond acceptors (Lipinski definition) is 3. The molecule has 5 nitrogen and oxygen atoms in total. The van der Waals surface area contributed by atoms with E-state index in [1.165, 1.54) is 4.31 Å². The summed E-state index contributed by atoms with van der Waals surface area (Å²) in [6.45, 7) is 13.1. The van der Waals surface area contributed by atoms with Gasteiger partial charge in [-0.25, -0.2) is 5.14 Å². The maximum atomic E-state index is 12.1. The fraction of sp³-hybridized carbons (Fsp3) is 0.714. The lowest BCUT2D eigenvalue weighted by Gasteiger charge is -2.38. The molecular weight excluding hydrogens is 388 g/mol. The minimum Gasteiger partial charge on any atom is -0.417 e. The van der Waals surface area contributed by atoms with Gasteiger partial charge in [0, 0.05) is 19.7 Å². The topological polar surface area (TPSA) is 72.6 Å². The lowest BCUT2D eigenvalue weighted by molar-refractivity contribution is 0.160. The van der Waals surface area contributed by atoms with Crippen LogP contribution in [0.4, 0.5) is 0 Å². The van der Waals surface area contributed by atoms with Crippen molar-refractivity contribution in [1.29, 1.82) is 0 Å². The molecule has 1 aliphatic carbocycles. The van der Waals surface area contributed by atoms with E-state index in [0.29, 0.717) is 24.9 Å². The van der Waals surface area contributed by atoms with Crippen molar-refractivity contribution in [3.63, 3.8) is 0 Å². The number of rotatable bonds is 8. The molecular formula is C21H38N2O3SSi. The monoisotopic (exact) mass is 426 g/mol. The molecule has 2 rings (SSSR count). The molecule has 0 bridgehead atoms. The fourth-order valence-electron chi connectivity index (χ4n) is 3.46. The maximum Gasteiger partial charge on any atom is 0.277 e. The van der Waals surface area contributed by atoms with Crippen molar-refractivity contribution in [3.05, 3.63) is 35.9 Å². The molecule has 160 valence electrons. The summed E-state index contributed by atoms with van der Waals surface area (Å²) in [5.74, 6) is 0.952. The van der Waals surface area contributed by atoms with Crippen LogP contribution in [0.5, 0.6) is 0 Å². The smallest absolute Gasteiger partial charge is 0.277 e. The molecule has 1 fully saturated rings. The van der Waals surface area contributed by atoms with Crippen LogP contribution in [-0.4, -0.2) is 34.2 Å². The molecule has 1 aromatic rings. The Labute approximate surface area is 173 Å². The van der Waals surface area contributed by atoms with Gasteiger partial charge >= 0.3 is 0 Å². The van der Waals surface area contributed by atoms with E-state index in [1.54, 1.807) is 0 Å². The van der Waals surface area contributed by atoms with Crippen LogP contribution in [0, 0.1) is 11.8 Å². The zero-order valence-corrected chi connectivity index (χ0v) is 20.0. The van der Waals surface area contributed by atoms with Crippen LogP contribution in [0.3, 0.4) is 0 Å². The third-order valence-electron chi connectivity index (χ3n) is 6.48. The highest BCUT2D eigenvalue weighted by atomic mass is 32.2. The average Bonchev–Trinajstić information content (AvgIpc) is 2.60. The van der Waals surface area contributed by atoms with Gasteiger partial charge in [-0.05, 0) is 61.2 Å². The summed E-state index contributed by atoms with van der Waals surface area (Å²) in [5, 5.41) is 5.72. The molecule has 2 N–H and O–H groups in total. The quantitative estimate of drug-likeness (QED) is 0.621. The van der Waals surface area contributed by atoms with Crippen molar-refractivity contribution in [1.82, 2.24) is 4.31 Å². The minimum atomic E-state index is -3.71. The Morgan fingerprint density at radius 3 is 2.11 bits per heavy atom. The van der Waals surface area contributed by atoms with Crippen LogP contribution in [0.1, 0.15) is 52.0 Å². The van der Waals surface area contributed by atoms with E-state index in [-0.39, 0.29) is 5.04 Å². The van der Waals surface area contributed by atoms with Gasteiger partial charge in [0.1, 0.15) is 0 Å². The van der Waals surface area contributed by atoms with E-state index in [2.05, 4.69) is 33.9 Å². The van der Waals surface area contributed by atoms with E-state index in [0.717, 1.165) is 37.9 Å². The Hall–Kier alpha value is -0.733. The second-order valence-electron chi connectivity index (χ2n) is 9.78. The zero-order valence-electron chi connectivity index (χ0n) is 18.1. The second-order valence-corrected chi connectivity index (χ2v) is 16.1. The Kier molecular flexibility index (Phi) is 7.89. The predicted molar refractivity (Wildman–Crippen MR) is 119 cm³/mol. The summed E-state index contributed by atoms with van der Waals surface area (Å²) in [7, 11) is -5.41. The Morgan fingerprint density at radius 2 is 1.61 bits per heavy atom. The number of benzene rings is 1. The molecule has 0 saturated heterocycles. The normalized spacial score (nSPS) is 21.8. The molecule has 7 heteroatoms. The molecule has 1 saturated carbocycles. The molecule has 1 aliphatic rings. The molecule has 0 heterocycles. The van der Waals surface area contributed by atoms with Gasteiger partial charge in [0.2, 0.25) is 0 Å². The molecule has 0 unspecified atom stereocenters. The van der Waals surface area contributed by atoms with Crippen molar-refractivity contribution in [2.24, 2.45) is 17.0 Å². The van der Waals surface area contributed by atoms with Gasteiger partial charge in [-0.2, -0.15) is 12.7 Å². The molecule has 0 atom stereocenters. The van der Waals surface area contributed by atoms with Gasteiger partial charge < -0.3 is 4.43 Å². The highest BCUT2D eigenvalue weighted by Crippen LogP contribution is 2.38. The standard InChI is InChI=1S/C21H38N2O3SSi/c1-21(2,3)28(4,5)26-17-20-13-11-19(12-14-20)16-23(27(22,24)25)15-18-9-7-6-8-10-18/h6-10,19-20H,11-17H2,1-5H3,(H2,22,24,25). The van der Waals surface area contributed by atoms with E-state index in [1.807, 2.05) is 30.3 Å². The van der Waals surface area contributed by atoms with Crippen LogP contribution in [0.25, 0.3) is 0 Å². The van der Waals surface area contributed by atoms with E-state index >= 15 is 0 Å². The van der Waals surface area contributed by atoms with Gasteiger partial charge in [-0.1, -0.05) is 51.1 Å². The average molecular weight is 427 g/mol. The van der Waals surface area contributed by atoms with E-state index in [4.69, 9.17) is 9.56 Å². The largest absolute Gasteiger partial charge is 0.417 e. The van der Waals surface area contributed by atoms with Crippen LogP contribution in [0.15, 0.2) is 30.3 Å². The van der Waals surface area contributed by atoms with Gasteiger partial charge in [-0.3, -0.25) is 0 Å². The lowest BCUT2D eigenvalue weighted by Crippen LogP contribution is -2.43. The molecule has 0 radical (unpaired) electrons. The number of nitrogens with two attached hydrogens (primary N) is 1. The van der Waals surface area contributed by atoms with Crippen molar-refractivity contribution in [2.75, 3.05) is 13.2 Å². The summed E-state index contributed by atoms with van der Waals surface area (Å²) in [4.78, 5) is 0. The van der Waals surface area contributed by atoms with E-state index in [9.17, 15) is 8.42 Å².